The van der Waals surface area contributed by atoms with E-state index in [0.29, 0.717) is 37.4 Å². The van der Waals surface area contributed by atoms with Crippen molar-refractivity contribution < 1.29 is 31.5 Å². The van der Waals surface area contributed by atoms with Crippen LogP contribution in [0.1, 0.15) is 29.5 Å². The molecule has 0 radical (unpaired) electrons. The SMILES string of the molecule is O=C(C[C@@H]1OC[C@H]2CN(Cc3cccc(C(F)(F)F)c3)CC[C@H]21)NCc1cc(F)cc(F)c1. The highest BCUT2D eigenvalue weighted by atomic mass is 19.4. The van der Waals surface area contributed by atoms with Gasteiger partial charge in [0.15, 0.2) is 0 Å². The Morgan fingerprint density at radius 2 is 1.85 bits per heavy atom. The van der Waals surface area contributed by atoms with Crippen LogP contribution in [0.2, 0.25) is 0 Å². The summed E-state index contributed by atoms with van der Waals surface area (Å²) in [5.41, 5.74) is 0.312. The quantitative estimate of drug-likeness (QED) is 0.634. The molecule has 0 bridgehead atoms. The lowest BCUT2D eigenvalue weighted by Gasteiger charge is -2.35. The van der Waals surface area contributed by atoms with E-state index in [1.165, 1.54) is 24.3 Å². The van der Waals surface area contributed by atoms with Gasteiger partial charge in [-0.05, 0) is 48.2 Å². The summed E-state index contributed by atoms with van der Waals surface area (Å²) in [5, 5.41) is 2.68. The van der Waals surface area contributed by atoms with Gasteiger partial charge in [0.1, 0.15) is 11.6 Å². The Bertz CT molecular complexity index is 977. The highest BCUT2D eigenvalue weighted by Gasteiger charge is 2.41. The minimum Gasteiger partial charge on any atom is -0.377 e. The van der Waals surface area contributed by atoms with Crippen LogP contribution in [0.3, 0.4) is 0 Å². The Labute approximate surface area is 188 Å². The molecule has 3 atom stereocenters. The molecule has 178 valence electrons. The topological polar surface area (TPSA) is 41.6 Å². The normalized spacial score (nSPS) is 23.4. The maximum absolute atomic E-state index is 13.3. The van der Waals surface area contributed by atoms with Crippen molar-refractivity contribution in [1.29, 1.82) is 0 Å². The monoisotopic (exact) mass is 468 g/mol. The van der Waals surface area contributed by atoms with Crippen molar-refractivity contribution in [3.63, 3.8) is 0 Å². The van der Waals surface area contributed by atoms with Gasteiger partial charge in [-0.15, -0.1) is 0 Å². The van der Waals surface area contributed by atoms with Gasteiger partial charge < -0.3 is 10.1 Å². The van der Waals surface area contributed by atoms with Gasteiger partial charge in [0.2, 0.25) is 5.91 Å². The third-order valence-corrected chi connectivity index (χ3v) is 6.34. The summed E-state index contributed by atoms with van der Waals surface area (Å²) in [7, 11) is 0. The molecule has 0 saturated carbocycles. The van der Waals surface area contributed by atoms with Crippen molar-refractivity contribution >= 4 is 5.91 Å². The maximum atomic E-state index is 13.3. The van der Waals surface area contributed by atoms with Crippen LogP contribution in [0.15, 0.2) is 42.5 Å². The molecule has 33 heavy (non-hydrogen) atoms. The lowest BCUT2D eigenvalue weighted by atomic mass is 9.83. The predicted octanol–water partition coefficient (Wildman–Crippen LogP) is 4.53. The van der Waals surface area contributed by atoms with E-state index in [-0.39, 0.29) is 36.8 Å². The van der Waals surface area contributed by atoms with E-state index in [2.05, 4.69) is 10.2 Å². The van der Waals surface area contributed by atoms with E-state index in [9.17, 15) is 26.7 Å². The molecule has 4 nitrogen and oxygen atoms in total. The number of hydrogen-bond acceptors (Lipinski definition) is 3. The zero-order chi connectivity index (χ0) is 23.6. The number of carbonyl (C=O) groups is 1. The summed E-state index contributed by atoms with van der Waals surface area (Å²) in [5.74, 6) is -1.24. The fourth-order valence-electron chi connectivity index (χ4n) is 4.79. The number of likely N-dealkylation sites (tertiary alicyclic amines) is 1. The van der Waals surface area contributed by atoms with Crippen LogP contribution in [0.5, 0.6) is 0 Å². The summed E-state index contributed by atoms with van der Waals surface area (Å²) >= 11 is 0. The van der Waals surface area contributed by atoms with E-state index < -0.39 is 23.4 Å². The molecule has 0 unspecified atom stereocenters. The van der Waals surface area contributed by atoms with Gasteiger partial charge in [-0.3, -0.25) is 9.69 Å². The van der Waals surface area contributed by atoms with E-state index >= 15 is 0 Å². The molecule has 4 rings (SSSR count). The number of alkyl halides is 3. The highest BCUT2D eigenvalue weighted by molar-refractivity contribution is 5.76. The van der Waals surface area contributed by atoms with Crippen molar-refractivity contribution in [3.8, 4) is 0 Å². The first-order valence-electron chi connectivity index (χ1n) is 10.9. The summed E-state index contributed by atoms with van der Waals surface area (Å²) in [6.45, 7) is 2.36. The van der Waals surface area contributed by atoms with Crippen molar-refractivity contribution in [2.24, 2.45) is 11.8 Å². The minimum absolute atomic E-state index is 0.0269. The number of amides is 1. The van der Waals surface area contributed by atoms with Crippen LogP contribution in [-0.2, 0) is 28.8 Å². The fraction of sp³-hybridized carbons (Fsp3) is 0.458. The van der Waals surface area contributed by atoms with Crippen molar-refractivity contribution in [2.45, 2.75) is 38.2 Å². The molecule has 1 N–H and O–H groups in total. The Kier molecular flexibility index (Phi) is 6.99. The highest BCUT2D eigenvalue weighted by Crippen LogP contribution is 2.36. The van der Waals surface area contributed by atoms with Gasteiger partial charge in [-0.1, -0.05) is 18.2 Å². The van der Waals surface area contributed by atoms with E-state index in [0.717, 1.165) is 18.6 Å². The number of ether oxygens (including phenoxy) is 1. The van der Waals surface area contributed by atoms with Crippen LogP contribution < -0.4 is 5.32 Å². The standard InChI is InChI=1S/C24H25F5N2O2/c25-19-7-16(8-20(26)9-19)11-30-23(32)10-22-21-4-5-31(13-17(21)14-33-22)12-15-2-1-3-18(6-15)24(27,28)29/h1-3,6-9,17,21-22H,4-5,10-14H2,(H,30,32)/t17-,21-,22+/m1/s1. The van der Waals surface area contributed by atoms with Crippen LogP contribution >= 0.6 is 0 Å². The third kappa shape index (κ3) is 6.09. The Hall–Kier alpha value is -2.52. The predicted molar refractivity (Wildman–Crippen MR) is 111 cm³/mol. The maximum Gasteiger partial charge on any atom is 0.416 e. The van der Waals surface area contributed by atoms with Gasteiger partial charge in [0, 0.05) is 31.6 Å². The molecule has 0 aliphatic carbocycles. The molecule has 1 amide bonds. The second-order valence-corrected chi connectivity index (χ2v) is 8.78. The zero-order valence-electron chi connectivity index (χ0n) is 17.9. The molecule has 2 aliphatic heterocycles. The van der Waals surface area contributed by atoms with Crippen LogP contribution in [-0.4, -0.2) is 36.6 Å². The van der Waals surface area contributed by atoms with E-state index in [1.54, 1.807) is 6.07 Å². The number of rotatable bonds is 6. The summed E-state index contributed by atoms with van der Waals surface area (Å²) in [4.78, 5) is 14.5. The molecule has 2 heterocycles. The molecule has 2 saturated heterocycles. The second-order valence-electron chi connectivity index (χ2n) is 8.78. The summed E-state index contributed by atoms with van der Waals surface area (Å²) < 4.78 is 71.3. The van der Waals surface area contributed by atoms with Gasteiger partial charge in [-0.2, -0.15) is 13.2 Å². The molecule has 2 aliphatic rings. The van der Waals surface area contributed by atoms with Gasteiger partial charge in [-0.25, -0.2) is 8.78 Å². The molecule has 0 aromatic heterocycles. The lowest BCUT2D eigenvalue weighted by molar-refractivity contribution is -0.137. The molecule has 9 heteroatoms. The average molecular weight is 468 g/mol. The first-order valence-corrected chi connectivity index (χ1v) is 10.9. The number of nitrogens with zero attached hydrogens (tertiary/aromatic N) is 1. The Balaban J connectivity index is 1.27. The van der Waals surface area contributed by atoms with Gasteiger partial charge >= 0.3 is 6.18 Å². The second kappa shape index (κ2) is 9.77. The minimum atomic E-state index is -4.36. The number of hydrogen-bond donors (Lipinski definition) is 1. The average Bonchev–Trinajstić information content (AvgIpc) is 3.13. The van der Waals surface area contributed by atoms with Gasteiger partial charge in [0.25, 0.3) is 0 Å². The van der Waals surface area contributed by atoms with Crippen LogP contribution in [0.25, 0.3) is 0 Å². The van der Waals surface area contributed by atoms with Crippen LogP contribution in [0.4, 0.5) is 22.0 Å². The Morgan fingerprint density at radius 1 is 1.09 bits per heavy atom. The molecule has 2 fully saturated rings. The van der Waals surface area contributed by atoms with Crippen LogP contribution in [0, 0.1) is 23.5 Å². The molecule has 0 spiro atoms. The van der Waals surface area contributed by atoms with E-state index in [1.807, 2.05) is 0 Å². The number of halogens is 5. The number of piperidine rings is 1. The zero-order valence-corrected chi connectivity index (χ0v) is 17.9. The summed E-state index contributed by atoms with van der Waals surface area (Å²) in [6.07, 6.45) is -3.66. The fourth-order valence-corrected chi connectivity index (χ4v) is 4.79. The number of fused-ring (bicyclic) bond motifs is 1. The number of benzene rings is 2. The molecule has 2 aromatic carbocycles. The first-order chi connectivity index (χ1) is 15.7. The molecular weight excluding hydrogens is 443 g/mol. The first kappa shape index (κ1) is 23.6. The third-order valence-electron chi connectivity index (χ3n) is 6.34. The Morgan fingerprint density at radius 3 is 2.58 bits per heavy atom. The number of carbonyl (C=O) groups excluding carboxylic acids is 1. The number of nitrogens with one attached hydrogen (secondary N) is 1. The van der Waals surface area contributed by atoms with Crippen molar-refractivity contribution in [1.82, 2.24) is 10.2 Å². The van der Waals surface area contributed by atoms with Crippen molar-refractivity contribution in [2.75, 3.05) is 19.7 Å². The molecular formula is C24H25F5N2O2. The molecule has 2 aromatic rings. The van der Waals surface area contributed by atoms with Gasteiger partial charge in [0.05, 0.1) is 24.7 Å². The smallest absolute Gasteiger partial charge is 0.377 e. The lowest BCUT2D eigenvalue weighted by Crippen LogP contribution is -2.41. The van der Waals surface area contributed by atoms with E-state index in [4.69, 9.17) is 4.74 Å². The largest absolute Gasteiger partial charge is 0.416 e. The van der Waals surface area contributed by atoms with Crippen molar-refractivity contribution in [3.05, 3.63) is 70.8 Å². The summed E-state index contributed by atoms with van der Waals surface area (Å²) in [6, 6.07) is 8.50.